The summed E-state index contributed by atoms with van der Waals surface area (Å²) < 4.78 is 5.25. The Morgan fingerprint density at radius 3 is 2.54 bits per heavy atom. The summed E-state index contributed by atoms with van der Waals surface area (Å²) in [4.78, 5) is 27.0. The van der Waals surface area contributed by atoms with Gasteiger partial charge in [0.05, 0.1) is 13.2 Å². The first-order chi connectivity index (χ1) is 11.7. The summed E-state index contributed by atoms with van der Waals surface area (Å²) in [6.07, 6.45) is 3.27. The van der Waals surface area contributed by atoms with Gasteiger partial charge in [-0.05, 0) is 41.8 Å². The van der Waals surface area contributed by atoms with Crippen molar-refractivity contribution in [1.29, 1.82) is 0 Å². The van der Waals surface area contributed by atoms with E-state index in [0.717, 1.165) is 4.88 Å². The van der Waals surface area contributed by atoms with Crippen molar-refractivity contribution in [3.05, 3.63) is 58.3 Å². The number of hydrogen-bond acceptors (Lipinski definition) is 4. The second-order valence-electron chi connectivity index (χ2n) is 5.32. The number of carbonyl (C=O) groups excluding carboxylic acids is 2. The van der Waals surface area contributed by atoms with Crippen molar-refractivity contribution in [2.24, 2.45) is 0 Å². The molecule has 124 valence electrons. The molecule has 24 heavy (non-hydrogen) atoms. The molecular formula is C18H18N2O3S. The van der Waals surface area contributed by atoms with Gasteiger partial charge in [-0.25, -0.2) is 0 Å². The smallest absolute Gasteiger partial charge is 0.254 e. The standard InChI is InChI=1S/C18H18N2O3S/c21-17(8-7-16-2-1-13-24-16)19-15-5-3-14(4-6-15)18(22)20-9-11-23-12-10-20/h1-8,13H,9-12H2,(H,19,21). The van der Waals surface area contributed by atoms with Crippen molar-refractivity contribution in [1.82, 2.24) is 4.90 Å². The quantitative estimate of drug-likeness (QED) is 0.869. The molecule has 0 spiro atoms. The summed E-state index contributed by atoms with van der Waals surface area (Å²) in [6.45, 7) is 2.39. The molecule has 3 rings (SSSR count). The lowest BCUT2D eigenvalue weighted by Gasteiger charge is -2.26. The molecule has 1 N–H and O–H groups in total. The first kappa shape index (κ1) is 16.4. The van der Waals surface area contributed by atoms with E-state index in [-0.39, 0.29) is 11.8 Å². The lowest BCUT2D eigenvalue weighted by molar-refractivity contribution is -0.111. The summed E-state index contributed by atoms with van der Waals surface area (Å²) >= 11 is 1.57. The highest BCUT2D eigenvalue weighted by Crippen LogP contribution is 2.14. The van der Waals surface area contributed by atoms with Gasteiger partial charge >= 0.3 is 0 Å². The van der Waals surface area contributed by atoms with Gasteiger partial charge in [0.25, 0.3) is 5.91 Å². The summed E-state index contributed by atoms with van der Waals surface area (Å²) in [5, 5.41) is 4.74. The average Bonchev–Trinajstić information content (AvgIpc) is 3.14. The second kappa shape index (κ2) is 7.90. The van der Waals surface area contributed by atoms with Crippen LogP contribution in [0.2, 0.25) is 0 Å². The van der Waals surface area contributed by atoms with Crippen molar-refractivity contribution in [3.8, 4) is 0 Å². The fourth-order valence-electron chi connectivity index (χ4n) is 2.37. The van der Waals surface area contributed by atoms with Gasteiger partial charge in [-0.15, -0.1) is 11.3 Å². The minimum atomic E-state index is -0.198. The Labute approximate surface area is 144 Å². The van der Waals surface area contributed by atoms with Crippen LogP contribution in [0.1, 0.15) is 15.2 Å². The number of morpholine rings is 1. The van der Waals surface area contributed by atoms with Crippen LogP contribution in [0, 0.1) is 0 Å². The van der Waals surface area contributed by atoms with Crippen LogP contribution in [0.4, 0.5) is 5.69 Å². The molecule has 1 aromatic heterocycles. The zero-order chi connectivity index (χ0) is 16.8. The molecule has 1 saturated heterocycles. The number of ether oxygens (including phenoxy) is 1. The maximum atomic E-state index is 12.3. The topological polar surface area (TPSA) is 58.6 Å². The van der Waals surface area contributed by atoms with Crippen LogP contribution in [-0.4, -0.2) is 43.0 Å². The van der Waals surface area contributed by atoms with E-state index in [0.29, 0.717) is 37.6 Å². The summed E-state index contributed by atoms with van der Waals surface area (Å²) in [6, 6.07) is 10.8. The number of rotatable bonds is 4. The van der Waals surface area contributed by atoms with Crippen LogP contribution in [0.25, 0.3) is 6.08 Å². The van der Waals surface area contributed by atoms with Gasteiger partial charge in [0.1, 0.15) is 0 Å². The number of anilines is 1. The molecule has 0 radical (unpaired) electrons. The predicted octanol–water partition coefficient (Wildman–Crippen LogP) is 2.87. The van der Waals surface area contributed by atoms with E-state index in [1.54, 1.807) is 46.6 Å². The summed E-state index contributed by atoms with van der Waals surface area (Å²) in [5.41, 5.74) is 1.28. The Balaban J connectivity index is 1.57. The maximum Gasteiger partial charge on any atom is 0.254 e. The van der Waals surface area contributed by atoms with E-state index >= 15 is 0 Å². The Morgan fingerprint density at radius 2 is 1.88 bits per heavy atom. The molecule has 2 amide bonds. The van der Waals surface area contributed by atoms with E-state index in [1.807, 2.05) is 17.5 Å². The van der Waals surface area contributed by atoms with Gasteiger partial charge in [0.2, 0.25) is 5.91 Å². The molecule has 1 aromatic carbocycles. The molecule has 1 fully saturated rings. The predicted molar refractivity (Wildman–Crippen MR) is 95.1 cm³/mol. The van der Waals surface area contributed by atoms with Crippen LogP contribution >= 0.6 is 11.3 Å². The molecule has 5 nitrogen and oxygen atoms in total. The van der Waals surface area contributed by atoms with Gasteiger partial charge < -0.3 is 15.0 Å². The number of thiophene rings is 1. The third kappa shape index (κ3) is 4.31. The highest BCUT2D eigenvalue weighted by Gasteiger charge is 2.18. The van der Waals surface area contributed by atoms with Gasteiger partial charge in [-0.1, -0.05) is 6.07 Å². The Morgan fingerprint density at radius 1 is 1.12 bits per heavy atom. The van der Waals surface area contributed by atoms with Crippen molar-refractivity contribution in [2.75, 3.05) is 31.6 Å². The van der Waals surface area contributed by atoms with Gasteiger partial charge in [0.15, 0.2) is 0 Å². The van der Waals surface area contributed by atoms with Crippen LogP contribution in [0.15, 0.2) is 47.9 Å². The van der Waals surface area contributed by atoms with E-state index < -0.39 is 0 Å². The Bertz CT molecular complexity index is 717. The van der Waals surface area contributed by atoms with Crippen molar-refractivity contribution in [3.63, 3.8) is 0 Å². The number of benzene rings is 1. The first-order valence-electron chi connectivity index (χ1n) is 7.72. The number of amides is 2. The fraction of sp³-hybridized carbons (Fsp3) is 0.222. The van der Waals surface area contributed by atoms with E-state index in [9.17, 15) is 9.59 Å². The monoisotopic (exact) mass is 342 g/mol. The highest BCUT2D eigenvalue weighted by atomic mass is 32.1. The zero-order valence-electron chi connectivity index (χ0n) is 13.1. The number of nitrogens with zero attached hydrogens (tertiary/aromatic N) is 1. The highest BCUT2D eigenvalue weighted by molar-refractivity contribution is 7.10. The molecule has 0 bridgehead atoms. The molecule has 0 atom stereocenters. The molecule has 2 heterocycles. The normalized spacial score (nSPS) is 14.8. The second-order valence-corrected chi connectivity index (χ2v) is 6.30. The average molecular weight is 342 g/mol. The number of nitrogens with one attached hydrogen (secondary N) is 1. The van der Waals surface area contributed by atoms with E-state index in [2.05, 4.69) is 5.32 Å². The van der Waals surface area contributed by atoms with Gasteiger partial charge in [0, 0.05) is 35.3 Å². The Hall–Kier alpha value is -2.44. The van der Waals surface area contributed by atoms with E-state index in [1.165, 1.54) is 6.08 Å². The number of hydrogen-bond donors (Lipinski definition) is 1. The fourth-order valence-corrected chi connectivity index (χ4v) is 2.99. The van der Waals surface area contributed by atoms with Gasteiger partial charge in [-0.2, -0.15) is 0 Å². The molecule has 1 aliphatic heterocycles. The summed E-state index contributed by atoms with van der Waals surface area (Å²) in [5.74, 6) is -0.204. The van der Waals surface area contributed by atoms with Crippen LogP contribution < -0.4 is 5.32 Å². The molecule has 0 aliphatic carbocycles. The molecule has 2 aromatic rings. The maximum absolute atomic E-state index is 12.3. The Kier molecular flexibility index (Phi) is 5.40. The van der Waals surface area contributed by atoms with Crippen LogP contribution in [-0.2, 0) is 9.53 Å². The molecule has 0 unspecified atom stereocenters. The third-order valence-corrected chi connectivity index (χ3v) is 4.48. The first-order valence-corrected chi connectivity index (χ1v) is 8.60. The summed E-state index contributed by atoms with van der Waals surface area (Å²) in [7, 11) is 0. The zero-order valence-corrected chi connectivity index (χ0v) is 13.9. The largest absolute Gasteiger partial charge is 0.378 e. The minimum Gasteiger partial charge on any atom is -0.378 e. The third-order valence-electron chi connectivity index (χ3n) is 3.64. The molecular weight excluding hydrogens is 324 g/mol. The van der Waals surface area contributed by atoms with Crippen molar-refractivity contribution < 1.29 is 14.3 Å². The van der Waals surface area contributed by atoms with Crippen LogP contribution in [0.5, 0.6) is 0 Å². The molecule has 0 saturated carbocycles. The van der Waals surface area contributed by atoms with Crippen molar-refractivity contribution >= 4 is 34.9 Å². The molecule has 6 heteroatoms. The van der Waals surface area contributed by atoms with Crippen molar-refractivity contribution in [2.45, 2.75) is 0 Å². The SMILES string of the molecule is O=C(C=Cc1cccs1)Nc1ccc(C(=O)N2CCOCC2)cc1. The van der Waals surface area contributed by atoms with Gasteiger partial charge in [-0.3, -0.25) is 9.59 Å². The molecule has 1 aliphatic rings. The van der Waals surface area contributed by atoms with Crippen LogP contribution in [0.3, 0.4) is 0 Å². The number of carbonyl (C=O) groups is 2. The lowest BCUT2D eigenvalue weighted by Crippen LogP contribution is -2.40. The van der Waals surface area contributed by atoms with E-state index in [4.69, 9.17) is 4.74 Å². The lowest BCUT2D eigenvalue weighted by atomic mass is 10.1. The minimum absolute atomic E-state index is 0.00577.